The number of pyridine rings is 1. The van der Waals surface area contributed by atoms with E-state index in [9.17, 15) is 4.39 Å². The third kappa shape index (κ3) is 1.68. The Kier molecular flexibility index (Phi) is 2.40. The molecule has 0 atom stereocenters. The van der Waals surface area contributed by atoms with Crippen molar-refractivity contribution in [1.82, 2.24) is 9.38 Å². The molecule has 0 aliphatic carbocycles. The molecule has 2 heterocycles. The third-order valence-electron chi connectivity index (χ3n) is 3.15. The first-order chi connectivity index (χ1) is 8.65. The van der Waals surface area contributed by atoms with Gasteiger partial charge in [-0.3, -0.25) is 0 Å². The van der Waals surface area contributed by atoms with Crippen LogP contribution in [0.3, 0.4) is 0 Å². The Morgan fingerprint density at radius 3 is 2.44 bits per heavy atom. The standard InChI is InChI=1S/C15H13FN2/c1-10-3-5-12(6-4-10)15-11(2)18-9-13(16)7-8-14(18)17-15/h3-9H,1-2H3. The number of imidazole rings is 1. The van der Waals surface area contributed by atoms with Gasteiger partial charge in [0, 0.05) is 17.5 Å². The zero-order chi connectivity index (χ0) is 12.7. The van der Waals surface area contributed by atoms with Crippen LogP contribution in [0, 0.1) is 19.7 Å². The van der Waals surface area contributed by atoms with Gasteiger partial charge in [-0.1, -0.05) is 29.8 Å². The smallest absolute Gasteiger partial charge is 0.139 e. The number of aryl methyl sites for hydroxylation is 2. The molecule has 0 amide bonds. The van der Waals surface area contributed by atoms with Crippen LogP contribution in [0.15, 0.2) is 42.6 Å². The molecule has 0 aliphatic heterocycles. The third-order valence-corrected chi connectivity index (χ3v) is 3.15. The average molecular weight is 240 g/mol. The van der Waals surface area contributed by atoms with E-state index in [1.807, 2.05) is 19.1 Å². The van der Waals surface area contributed by atoms with Gasteiger partial charge >= 0.3 is 0 Å². The lowest BCUT2D eigenvalue weighted by molar-refractivity contribution is 0.618. The summed E-state index contributed by atoms with van der Waals surface area (Å²) in [6.07, 6.45) is 1.47. The lowest BCUT2D eigenvalue weighted by Crippen LogP contribution is -1.89. The fourth-order valence-corrected chi connectivity index (χ4v) is 2.12. The van der Waals surface area contributed by atoms with Gasteiger partial charge in [-0.25, -0.2) is 9.37 Å². The van der Waals surface area contributed by atoms with Gasteiger partial charge in [0.1, 0.15) is 11.5 Å². The van der Waals surface area contributed by atoms with Crippen LogP contribution in [-0.2, 0) is 0 Å². The Morgan fingerprint density at radius 2 is 1.72 bits per heavy atom. The van der Waals surface area contributed by atoms with Crippen molar-refractivity contribution < 1.29 is 4.39 Å². The van der Waals surface area contributed by atoms with Gasteiger partial charge in [-0.2, -0.15) is 0 Å². The molecule has 0 saturated carbocycles. The van der Waals surface area contributed by atoms with E-state index in [4.69, 9.17) is 0 Å². The van der Waals surface area contributed by atoms with Crippen LogP contribution in [0.5, 0.6) is 0 Å². The van der Waals surface area contributed by atoms with Crippen LogP contribution in [0.4, 0.5) is 4.39 Å². The molecule has 0 radical (unpaired) electrons. The van der Waals surface area contributed by atoms with Crippen molar-refractivity contribution in [2.24, 2.45) is 0 Å². The normalized spacial score (nSPS) is 11.1. The number of fused-ring (bicyclic) bond motifs is 1. The Labute approximate surface area is 105 Å². The number of nitrogens with zero attached hydrogens (tertiary/aromatic N) is 2. The zero-order valence-corrected chi connectivity index (χ0v) is 10.3. The van der Waals surface area contributed by atoms with E-state index >= 15 is 0 Å². The quantitative estimate of drug-likeness (QED) is 0.633. The summed E-state index contributed by atoms with van der Waals surface area (Å²) >= 11 is 0. The van der Waals surface area contributed by atoms with Gasteiger partial charge < -0.3 is 4.40 Å². The lowest BCUT2D eigenvalue weighted by atomic mass is 10.1. The second-order valence-electron chi connectivity index (χ2n) is 4.49. The summed E-state index contributed by atoms with van der Waals surface area (Å²) < 4.78 is 15.0. The zero-order valence-electron chi connectivity index (χ0n) is 10.3. The van der Waals surface area contributed by atoms with Crippen molar-refractivity contribution >= 4 is 5.65 Å². The summed E-state index contributed by atoms with van der Waals surface area (Å²) in [6, 6.07) is 11.3. The minimum Gasteiger partial charge on any atom is -0.301 e. The van der Waals surface area contributed by atoms with Gasteiger partial charge in [0.15, 0.2) is 0 Å². The number of aromatic nitrogens is 2. The maximum Gasteiger partial charge on any atom is 0.139 e. The maximum atomic E-state index is 13.2. The Balaban J connectivity index is 2.23. The van der Waals surface area contributed by atoms with Crippen molar-refractivity contribution in [3.63, 3.8) is 0 Å². The summed E-state index contributed by atoms with van der Waals surface area (Å²) in [7, 11) is 0. The topological polar surface area (TPSA) is 17.3 Å². The van der Waals surface area contributed by atoms with Crippen molar-refractivity contribution in [3.05, 3.63) is 59.7 Å². The number of hydrogen-bond acceptors (Lipinski definition) is 1. The highest BCUT2D eigenvalue weighted by molar-refractivity contribution is 5.66. The second-order valence-corrected chi connectivity index (χ2v) is 4.49. The van der Waals surface area contributed by atoms with Gasteiger partial charge in [-0.05, 0) is 26.0 Å². The van der Waals surface area contributed by atoms with E-state index in [0.29, 0.717) is 0 Å². The molecule has 0 spiro atoms. The van der Waals surface area contributed by atoms with E-state index in [2.05, 4.69) is 24.0 Å². The molecule has 0 unspecified atom stereocenters. The van der Waals surface area contributed by atoms with E-state index in [1.165, 1.54) is 17.8 Å². The minimum atomic E-state index is -0.251. The molecule has 0 fully saturated rings. The first-order valence-electron chi connectivity index (χ1n) is 5.86. The predicted molar refractivity (Wildman–Crippen MR) is 70.1 cm³/mol. The monoisotopic (exact) mass is 240 g/mol. The van der Waals surface area contributed by atoms with Crippen LogP contribution in [0.2, 0.25) is 0 Å². The summed E-state index contributed by atoms with van der Waals surface area (Å²) in [5, 5.41) is 0. The SMILES string of the molecule is Cc1ccc(-c2nc3ccc(F)cn3c2C)cc1. The second kappa shape index (κ2) is 3.95. The number of halogens is 1. The molecule has 0 N–H and O–H groups in total. The number of hydrogen-bond donors (Lipinski definition) is 0. The van der Waals surface area contributed by atoms with E-state index in [0.717, 1.165) is 22.6 Å². The molecular formula is C15H13FN2. The van der Waals surface area contributed by atoms with Crippen molar-refractivity contribution in [3.8, 4) is 11.3 Å². The molecule has 3 heteroatoms. The van der Waals surface area contributed by atoms with Gasteiger partial charge in [-0.15, -0.1) is 0 Å². The fourth-order valence-electron chi connectivity index (χ4n) is 2.12. The number of rotatable bonds is 1. The average Bonchev–Trinajstić information content (AvgIpc) is 2.68. The summed E-state index contributed by atoms with van der Waals surface area (Å²) in [6.45, 7) is 4.00. The highest BCUT2D eigenvalue weighted by Gasteiger charge is 2.10. The van der Waals surface area contributed by atoms with E-state index in [1.54, 1.807) is 10.5 Å². The molecule has 3 rings (SSSR count). The first kappa shape index (κ1) is 11.0. The molecule has 1 aromatic carbocycles. The predicted octanol–water partition coefficient (Wildman–Crippen LogP) is 3.76. The maximum absolute atomic E-state index is 13.2. The van der Waals surface area contributed by atoms with Crippen LogP contribution in [-0.4, -0.2) is 9.38 Å². The summed E-state index contributed by atoms with van der Waals surface area (Å²) in [5.74, 6) is -0.251. The summed E-state index contributed by atoms with van der Waals surface area (Å²) in [5.41, 5.74) is 4.90. The largest absolute Gasteiger partial charge is 0.301 e. The number of benzene rings is 1. The van der Waals surface area contributed by atoms with Gasteiger partial charge in [0.25, 0.3) is 0 Å². The molecule has 0 aliphatic rings. The van der Waals surface area contributed by atoms with Crippen LogP contribution in [0.25, 0.3) is 16.9 Å². The molecule has 3 aromatic rings. The van der Waals surface area contributed by atoms with E-state index < -0.39 is 0 Å². The molecule has 0 bridgehead atoms. The van der Waals surface area contributed by atoms with Crippen molar-refractivity contribution in [1.29, 1.82) is 0 Å². The van der Waals surface area contributed by atoms with E-state index in [-0.39, 0.29) is 5.82 Å². The fraction of sp³-hybridized carbons (Fsp3) is 0.133. The first-order valence-corrected chi connectivity index (χ1v) is 5.86. The molecule has 2 aromatic heterocycles. The highest BCUT2D eigenvalue weighted by Crippen LogP contribution is 2.24. The highest BCUT2D eigenvalue weighted by atomic mass is 19.1. The van der Waals surface area contributed by atoms with Crippen LogP contribution < -0.4 is 0 Å². The van der Waals surface area contributed by atoms with Gasteiger partial charge in [0.05, 0.1) is 5.69 Å². The molecular weight excluding hydrogens is 227 g/mol. The Morgan fingerprint density at radius 1 is 1.00 bits per heavy atom. The minimum absolute atomic E-state index is 0.251. The Hall–Kier alpha value is -2.16. The summed E-state index contributed by atoms with van der Waals surface area (Å²) in [4.78, 5) is 4.55. The molecule has 0 saturated heterocycles. The molecule has 18 heavy (non-hydrogen) atoms. The van der Waals surface area contributed by atoms with Crippen molar-refractivity contribution in [2.75, 3.05) is 0 Å². The van der Waals surface area contributed by atoms with Gasteiger partial charge in [0.2, 0.25) is 0 Å². The van der Waals surface area contributed by atoms with Crippen molar-refractivity contribution in [2.45, 2.75) is 13.8 Å². The lowest BCUT2D eigenvalue weighted by Gasteiger charge is -2.00. The Bertz CT molecular complexity index is 711. The molecule has 90 valence electrons. The van der Waals surface area contributed by atoms with Crippen LogP contribution >= 0.6 is 0 Å². The van der Waals surface area contributed by atoms with Crippen LogP contribution in [0.1, 0.15) is 11.3 Å². The molecule has 2 nitrogen and oxygen atoms in total.